The van der Waals surface area contributed by atoms with E-state index in [0.29, 0.717) is 66.4 Å². The number of hydrogen-bond donors (Lipinski definition) is 0. The minimum absolute atomic E-state index is 0.0650. The standard InChI is InChI=1S/C46H30N2O3.C44H26N2O4S.C40H22N4O2/c1-28-35-26-31(47-37-14-6-8-16-41(37)50-43-22-18-29-10-2-4-12-33(29)45(43)47)20-24-39(35)49-40-25-21-32(27-36(28)40)48-38-15-7-9-17-42(38)51-44-23-19-30-11-3-5-13-34(30)46(44)48;47-51(48)41-23-19-29(45-35-13-5-7-15-37(35)49-39-21-17-27-9-1-3-11-31(27)43(39)45)25-33(41)34-26-30(20-24-42(34)51)46-36-14-6-8-16-38(36)50-40-22-18-28-10-2-4-12-32(28)44(40)46;41-23-27-21-28(24-42)34(44-32-14-6-8-16-36(32)46-38-20-18-26-10-2-4-12-30(26)40(38)44)22-33(27)43-31-13-5-7-15-35(31)45-37-19-17-25-9-1-3-11-29(25)39(37)43/h2-28H,1H3;1-26H;1-22H. The maximum Gasteiger partial charge on any atom is 0.207 e. The number of fused-ring (bicyclic) bond motifs is 29. The lowest BCUT2D eigenvalue weighted by Gasteiger charge is -2.37. The van der Waals surface area contributed by atoms with Gasteiger partial charge in [-0.2, -0.15) is 10.5 Å². The summed E-state index contributed by atoms with van der Waals surface area (Å²) in [6.07, 6.45) is 0. The molecule has 0 aliphatic carbocycles. The van der Waals surface area contributed by atoms with Gasteiger partial charge in [0.1, 0.15) is 23.6 Å². The van der Waals surface area contributed by atoms with Crippen LogP contribution >= 0.6 is 0 Å². The van der Waals surface area contributed by atoms with E-state index < -0.39 is 9.84 Å². The second-order valence-electron chi connectivity index (χ2n) is 37.5. The van der Waals surface area contributed by atoms with Crippen LogP contribution in [0, 0.1) is 22.7 Å². The topological polar surface area (TPSA) is 166 Å². The first-order chi connectivity index (χ1) is 73.0. The van der Waals surface area contributed by atoms with E-state index in [2.05, 4.69) is 243 Å². The van der Waals surface area contributed by atoms with Crippen molar-refractivity contribution in [2.45, 2.75) is 22.6 Å². The van der Waals surface area contributed by atoms with Crippen molar-refractivity contribution in [2.24, 2.45) is 0 Å². The molecule has 0 amide bonds. The fraction of sp³-hybridized carbons (Fsp3) is 0.0154. The molecular formula is C130H78N8O9S. The Morgan fingerprint density at radius 1 is 0.209 bits per heavy atom. The zero-order chi connectivity index (χ0) is 98.3. The number of nitrogens with zero attached hydrogens (tertiary/aromatic N) is 8. The van der Waals surface area contributed by atoms with Crippen LogP contribution in [0.3, 0.4) is 0 Å². The molecule has 0 saturated heterocycles. The van der Waals surface area contributed by atoms with E-state index in [9.17, 15) is 18.9 Å². The van der Waals surface area contributed by atoms with Gasteiger partial charge in [-0.1, -0.05) is 262 Å². The first-order valence-corrected chi connectivity index (χ1v) is 50.5. The number of hydrogen-bond acceptors (Lipinski definition) is 17. The number of para-hydroxylation sites is 12. The molecule has 0 unspecified atom stereocenters. The minimum Gasteiger partial charge on any atom is -0.457 e. The Morgan fingerprint density at radius 2 is 0.426 bits per heavy atom. The lowest BCUT2D eigenvalue weighted by molar-refractivity contribution is 0.449. The Bertz CT molecular complexity index is 9380. The second kappa shape index (κ2) is 33.3. The smallest absolute Gasteiger partial charge is 0.207 e. The third-order valence-electron chi connectivity index (χ3n) is 29.3. The number of rotatable bonds is 6. The average Bonchev–Trinajstić information content (AvgIpc) is 1.66. The lowest BCUT2D eigenvalue weighted by atomic mass is 9.88. The molecule has 23 aromatic carbocycles. The number of ether oxygens (including phenoxy) is 7. The van der Waals surface area contributed by atoms with Gasteiger partial charge >= 0.3 is 0 Å². The zero-order valence-corrected chi connectivity index (χ0v) is 79.8. The molecule has 0 saturated carbocycles. The van der Waals surface area contributed by atoms with Crippen LogP contribution in [-0.4, -0.2) is 8.42 Å². The molecule has 8 aliphatic rings. The summed E-state index contributed by atoms with van der Waals surface area (Å²) in [6, 6.07) is 155. The molecule has 17 nitrogen and oxygen atoms in total. The van der Waals surface area contributed by atoms with Crippen molar-refractivity contribution in [1.82, 2.24) is 0 Å². The number of nitriles is 2. The lowest BCUT2D eigenvalue weighted by Crippen LogP contribution is -2.20. The molecule has 23 aromatic rings. The van der Waals surface area contributed by atoms with Gasteiger partial charge in [0.15, 0.2) is 69.0 Å². The molecule has 8 aliphatic heterocycles. The van der Waals surface area contributed by atoms with Crippen LogP contribution in [0.2, 0.25) is 0 Å². The third kappa shape index (κ3) is 13.2. The molecule has 148 heavy (non-hydrogen) atoms. The van der Waals surface area contributed by atoms with E-state index in [1.54, 1.807) is 18.2 Å². The van der Waals surface area contributed by atoms with Crippen LogP contribution in [0.4, 0.5) is 102 Å². The largest absolute Gasteiger partial charge is 0.457 e. The highest BCUT2D eigenvalue weighted by molar-refractivity contribution is 7.92. The fourth-order valence-electron chi connectivity index (χ4n) is 22.6. The van der Waals surface area contributed by atoms with Crippen molar-refractivity contribution in [1.29, 1.82) is 10.5 Å². The Labute approximate surface area is 850 Å². The van der Waals surface area contributed by atoms with Crippen molar-refractivity contribution in [3.05, 3.63) is 471 Å². The van der Waals surface area contributed by atoms with E-state index in [4.69, 9.17) is 33.2 Å². The van der Waals surface area contributed by atoms with Crippen LogP contribution in [-0.2, 0) is 9.84 Å². The molecule has 0 fully saturated rings. The first kappa shape index (κ1) is 84.8. The highest BCUT2D eigenvalue weighted by Gasteiger charge is 2.42. The van der Waals surface area contributed by atoms with Gasteiger partial charge < -0.3 is 62.6 Å². The van der Waals surface area contributed by atoms with Crippen LogP contribution in [0.5, 0.6) is 80.5 Å². The number of sulfone groups is 1. The van der Waals surface area contributed by atoms with Gasteiger partial charge in [0, 0.05) is 83.2 Å². The van der Waals surface area contributed by atoms with Gasteiger partial charge in [0.2, 0.25) is 9.84 Å². The van der Waals surface area contributed by atoms with E-state index in [-0.39, 0.29) is 5.92 Å². The molecule has 18 heteroatoms. The molecule has 0 aromatic heterocycles. The van der Waals surface area contributed by atoms with Crippen molar-refractivity contribution in [3.63, 3.8) is 0 Å². The van der Waals surface area contributed by atoms with Crippen LogP contribution in [0.25, 0.3) is 75.8 Å². The van der Waals surface area contributed by atoms with E-state index in [1.807, 2.05) is 237 Å². The van der Waals surface area contributed by atoms with E-state index in [1.165, 1.54) is 10.8 Å². The number of benzene rings is 23. The average molecular weight is 1930 g/mol. The minimum atomic E-state index is -3.76. The first-order valence-electron chi connectivity index (χ1n) is 49.0. The summed E-state index contributed by atoms with van der Waals surface area (Å²) in [5, 5.41) is 34.1. The van der Waals surface area contributed by atoms with Crippen molar-refractivity contribution in [3.8, 4) is 104 Å². The van der Waals surface area contributed by atoms with Gasteiger partial charge in [0.05, 0.1) is 101 Å². The molecule has 0 N–H and O–H groups in total. The maximum atomic E-state index is 14.1. The predicted octanol–water partition coefficient (Wildman–Crippen LogP) is 36.2. The van der Waals surface area contributed by atoms with Crippen LogP contribution in [0.1, 0.15) is 35.1 Å². The summed E-state index contributed by atoms with van der Waals surface area (Å²) >= 11 is 0. The Hall–Kier alpha value is -20.1. The van der Waals surface area contributed by atoms with Gasteiger partial charge in [-0.25, -0.2) is 8.42 Å². The van der Waals surface area contributed by atoms with E-state index >= 15 is 0 Å². The molecule has 31 rings (SSSR count). The summed E-state index contributed by atoms with van der Waals surface area (Å²) in [7, 11) is -3.76. The van der Waals surface area contributed by atoms with E-state index in [0.717, 1.165) is 213 Å². The maximum absolute atomic E-state index is 14.1. The Kier molecular flexibility index (Phi) is 19.1. The summed E-state index contributed by atoms with van der Waals surface area (Å²) < 4.78 is 73.6. The second-order valence-corrected chi connectivity index (χ2v) is 39.4. The highest BCUT2D eigenvalue weighted by Crippen LogP contribution is 2.64. The molecule has 698 valence electrons. The molecule has 0 bridgehead atoms. The highest BCUT2D eigenvalue weighted by atomic mass is 32.2. The molecule has 0 radical (unpaired) electrons. The SMILES string of the molecule is CC1c2cc(N3c4ccccc4Oc4ccc5ccccc5c43)ccc2Oc2ccc(N3c4ccccc4Oc4ccc5ccccc5c43)cc21.N#Cc1cc(C#N)c(N2c3ccccc3Oc3ccc4ccccc4c32)cc1N1c2ccccc2Oc2ccc3ccccc3c21.O=S1(=O)c2ccc(N3c4ccccc4Oc4ccc5ccccc5c43)cc2-c2cc(N3c4ccccc4Oc4ccc5ccccc5c43)ccc21. The fourth-order valence-corrected chi connectivity index (χ4v) is 24.3. The normalized spacial score (nSPS) is 13.7. The summed E-state index contributed by atoms with van der Waals surface area (Å²) in [4.78, 5) is 13.8. The van der Waals surface area contributed by atoms with Crippen molar-refractivity contribution >= 4 is 177 Å². The molecular weight excluding hydrogens is 1850 g/mol. The zero-order valence-electron chi connectivity index (χ0n) is 79.0. The number of anilines is 18. The summed E-state index contributed by atoms with van der Waals surface area (Å²) in [5.41, 5.74) is 20.3. The Morgan fingerprint density at radius 3 is 0.696 bits per heavy atom. The monoisotopic (exact) mass is 1930 g/mol. The molecule has 0 spiro atoms. The predicted molar refractivity (Wildman–Crippen MR) is 587 cm³/mol. The van der Waals surface area contributed by atoms with Gasteiger partial charge in [-0.15, -0.1) is 0 Å². The van der Waals surface area contributed by atoms with Gasteiger partial charge in [0.25, 0.3) is 0 Å². The van der Waals surface area contributed by atoms with Gasteiger partial charge in [-0.3, -0.25) is 0 Å². The van der Waals surface area contributed by atoms with Crippen molar-refractivity contribution in [2.75, 3.05) is 29.4 Å². The Balaban J connectivity index is 0.000000105. The molecule has 0 atom stereocenters. The van der Waals surface area contributed by atoms with Gasteiger partial charge in [-0.05, 0) is 226 Å². The quantitative estimate of drug-likeness (QED) is 0.154. The van der Waals surface area contributed by atoms with Crippen molar-refractivity contribution < 1.29 is 41.6 Å². The summed E-state index contributed by atoms with van der Waals surface area (Å²) in [6.45, 7) is 2.28. The van der Waals surface area contributed by atoms with Crippen LogP contribution in [0.15, 0.2) is 459 Å². The van der Waals surface area contributed by atoms with Crippen LogP contribution < -0.4 is 62.6 Å². The summed E-state index contributed by atoms with van der Waals surface area (Å²) in [5.74, 6) is 10.8. The molecule has 8 heterocycles. The third-order valence-corrected chi connectivity index (χ3v) is 31.2.